The van der Waals surface area contributed by atoms with Gasteiger partial charge in [-0.25, -0.2) is 0 Å². The van der Waals surface area contributed by atoms with E-state index in [0.29, 0.717) is 11.6 Å². The number of ether oxygens (including phenoxy) is 1. The molecule has 1 heterocycles. The van der Waals surface area contributed by atoms with Crippen LogP contribution in [0, 0.1) is 11.8 Å². The Morgan fingerprint density at radius 1 is 0.964 bits per heavy atom. The summed E-state index contributed by atoms with van der Waals surface area (Å²) >= 11 is 0. The minimum absolute atomic E-state index is 0.384. The normalized spacial score (nSPS) is 32.5. The third kappa shape index (κ3) is 3.91. The van der Waals surface area contributed by atoms with E-state index in [0.717, 1.165) is 35.3 Å². The van der Waals surface area contributed by atoms with Crippen molar-refractivity contribution in [1.29, 1.82) is 0 Å². The fraction of sp³-hybridized carbons (Fsp3) is 0.640. The summed E-state index contributed by atoms with van der Waals surface area (Å²) in [6.07, 6.45) is 13.6. The second-order valence-electron chi connectivity index (χ2n) is 9.77. The predicted molar refractivity (Wildman–Crippen MR) is 115 cm³/mol. The molecule has 0 amide bonds. The van der Waals surface area contributed by atoms with Gasteiger partial charge in [-0.1, -0.05) is 13.0 Å². The highest BCUT2D eigenvalue weighted by Gasteiger charge is 2.39. The van der Waals surface area contributed by atoms with E-state index in [1.165, 1.54) is 69.6 Å². The highest BCUT2D eigenvalue weighted by atomic mass is 16.5. The minimum atomic E-state index is 0.384. The lowest BCUT2D eigenvalue weighted by Crippen LogP contribution is -2.51. The lowest BCUT2D eigenvalue weighted by molar-refractivity contribution is 0.103. The van der Waals surface area contributed by atoms with Gasteiger partial charge in [0.15, 0.2) is 0 Å². The summed E-state index contributed by atoms with van der Waals surface area (Å²) in [6.45, 7) is 3.24. The highest BCUT2D eigenvalue weighted by molar-refractivity contribution is 5.80. The van der Waals surface area contributed by atoms with Gasteiger partial charge < -0.3 is 10.1 Å². The van der Waals surface area contributed by atoms with Crippen LogP contribution in [0.2, 0.25) is 0 Å². The van der Waals surface area contributed by atoms with Gasteiger partial charge in [-0.2, -0.15) is 0 Å². The number of rotatable bonds is 5. The van der Waals surface area contributed by atoms with Gasteiger partial charge in [0.25, 0.3) is 0 Å². The average molecular weight is 379 g/mol. The highest BCUT2D eigenvalue weighted by Crippen LogP contribution is 2.44. The average Bonchev–Trinajstić information content (AvgIpc) is 2.75. The molecule has 3 heteroatoms. The Balaban J connectivity index is 1.23. The van der Waals surface area contributed by atoms with Crippen LogP contribution >= 0.6 is 0 Å². The molecule has 1 aromatic carbocycles. The number of aromatic nitrogens is 1. The first-order valence-corrected chi connectivity index (χ1v) is 11.5. The fourth-order valence-electron chi connectivity index (χ4n) is 5.65. The maximum atomic E-state index is 6.26. The van der Waals surface area contributed by atoms with E-state index in [-0.39, 0.29) is 0 Å². The molecule has 1 aromatic heterocycles. The molecule has 1 N–H and O–H groups in total. The Kier molecular flexibility index (Phi) is 5.04. The minimum Gasteiger partial charge on any atom is -0.490 e. The van der Waals surface area contributed by atoms with Crippen LogP contribution in [0.4, 0.5) is 0 Å². The van der Waals surface area contributed by atoms with E-state index < -0.39 is 0 Å². The third-order valence-electron chi connectivity index (χ3n) is 7.72. The summed E-state index contributed by atoms with van der Waals surface area (Å²) in [5.41, 5.74) is 2.62. The van der Waals surface area contributed by atoms with Crippen molar-refractivity contribution in [1.82, 2.24) is 10.3 Å². The van der Waals surface area contributed by atoms with Crippen LogP contribution in [0.3, 0.4) is 0 Å². The van der Waals surface area contributed by atoms with Crippen LogP contribution in [-0.2, 0) is 6.54 Å². The van der Waals surface area contributed by atoms with Crippen molar-refractivity contribution in [3.8, 4) is 5.75 Å². The van der Waals surface area contributed by atoms with Gasteiger partial charge in [0.1, 0.15) is 5.75 Å². The molecule has 4 saturated carbocycles. The van der Waals surface area contributed by atoms with Crippen LogP contribution in [-0.4, -0.2) is 16.6 Å². The lowest BCUT2D eigenvalue weighted by Gasteiger charge is -2.47. The Bertz CT molecular complexity index is 803. The van der Waals surface area contributed by atoms with Crippen molar-refractivity contribution >= 4 is 10.9 Å². The number of fused-ring (bicyclic) bond motifs is 4. The summed E-state index contributed by atoms with van der Waals surface area (Å²) in [6, 6.07) is 10.8. The maximum Gasteiger partial charge on any atom is 0.120 e. The maximum absolute atomic E-state index is 6.26. The summed E-state index contributed by atoms with van der Waals surface area (Å²) in [7, 11) is 0. The summed E-state index contributed by atoms with van der Waals surface area (Å²) < 4.78 is 6.26. The van der Waals surface area contributed by atoms with Crippen LogP contribution in [0.15, 0.2) is 30.3 Å². The van der Waals surface area contributed by atoms with Crippen molar-refractivity contribution in [2.24, 2.45) is 11.8 Å². The first kappa shape index (κ1) is 18.4. The molecule has 0 radical (unpaired) electrons. The molecule has 0 aliphatic heterocycles. The van der Waals surface area contributed by atoms with Crippen molar-refractivity contribution in [3.63, 3.8) is 0 Å². The van der Waals surface area contributed by atoms with Crippen molar-refractivity contribution in [3.05, 3.63) is 36.0 Å². The van der Waals surface area contributed by atoms with E-state index in [1.54, 1.807) is 0 Å². The van der Waals surface area contributed by atoms with E-state index in [9.17, 15) is 0 Å². The van der Waals surface area contributed by atoms with Gasteiger partial charge in [-0.05, 0) is 100 Å². The molecule has 6 rings (SSSR count). The molecule has 2 aromatic rings. The Hall–Kier alpha value is -1.61. The fourth-order valence-corrected chi connectivity index (χ4v) is 5.65. The zero-order valence-corrected chi connectivity index (χ0v) is 17.3. The van der Waals surface area contributed by atoms with Crippen molar-refractivity contribution in [2.45, 2.75) is 89.3 Å². The van der Waals surface area contributed by atoms with Gasteiger partial charge in [-0.3, -0.25) is 4.98 Å². The second kappa shape index (κ2) is 7.67. The predicted octanol–water partition coefficient (Wildman–Crippen LogP) is 6.00. The molecule has 0 saturated heterocycles. The molecule has 4 aliphatic rings. The summed E-state index contributed by atoms with van der Waals surface area (Å²) in [4.78, 5) is 4.92. The monoisotopic (exact) mass is 378 g/mol. The van der Waals surface area contributed by atoms with Crippen LogP contribution < -0.4 is 10.1 Å². The van der Waals surface area contributed by atoms with Crippen LogP contribution in [0.1, 0.15) is 76.8 Å². The second-order valence-corrected chi connectivity index (χ2v) is 9.77. The largest absolute Gasteiger partial charge is 0.490 e. The molecule has 0 unspecified atom stereocenters. The van der Waals surface area contributed by atoms with E-state index in [4.69, 9.17) is 9.72 Å². The van der Waals surface area contributed by atoms with E-state index in [2.05, 4.69) is 42.6 Å². The number of benzene rings is 1. The van der Waals surface area contributed by atoms with Crippen molar-refractivity contribution in [2.75, 3.05) is 0 Å². The Morgan fingerprint density at radius 2 is 1.71 bits per heavy atom. The molecule has 28 heavy (non-hydrogen) atoms. The molecule has 0 spiro atoms. The molecule has 4 fully saturated rings. The number of hydrogen-bond acceptors (Lipinski definition) is 3. The number of nitrogens with one attached hydrogen (secondary N) is 1. The van der Waals surface area contributed by atoms with Crippen LogP contribution in [0.25, 0.3) is 10.9 Å². The van der Waals surface area contributed by atoms with Gasteiger partial charge >= 0.3 is 0 Å². The molecular weight excluding hydrogens is 344 g/mol. The smallest absolute Gasteiger partial charge is 0.120 e. The molecule has 0 atom stereocenters. The van der Waals surface area contributed by atoms with Gasteiger partial charge in [0.05, 0.1) is 17.3 Å². The molecule has 4 aliphatic carbocycles. The van der Waals surface area contributed by atoms with Gasteiger partial charge in [-0.15, -0.1) is 0 Å². The van der Waals surface area contributed by atoms with Crippen LogP contribution in [0.5, 0.6) is 5.75 Å². The Morgan fingerprint density at radius 3 is 2.46 bits per heavy atom. The third-order valence-corrected chi connectivity index (χ3v) is 7.72. The standard InChI is InChI=1S/C25H34N2O/c1-18-2-6-22(7-3-18)28-23-8-9-24-20(16-23)4-5-21(27-24)17-26-25-13-10-19(11-14-25)12-15-25/h4-5,8-9,16,18-19,22,26H,2-3,6-7,10-15,17H2,1H3. The quantitative estimate of drug-likeness (QED) is 0.692. The number of pyridine rings is 1. The Labute approximate surface area is 169 Å². The van der Waals surface area contributed by atoms with Gasteiger partial charge in [0.2, 0.25) is 0 Å². The van der Waals surface area contributed by atoms with E-state index >= 15 is 0 Å². The molecular formula is C25H34N2O. The van der Waals surface area contributed by atoms with E-state index in [1.807, 2.05) is 0 Å². The van der Waals surface area contributed by atoms with Crippen molar-refractivity contribution < 1.29 is 4.74 Å². The first-order valence-electron chi connectivity index (χ1n) is 11.5. The molecule has 150 valence electrons. The molecule has 3 nitrogen and oxygen atoms in total. The topological polar surface area (TPSA) is 34.1 Å². The zero-order valence-electron chi connectivity index (χ0n) is 17.3. The summed E-state index contributed by atoms with van der Waals surface area (Å²) in [5, 5.41) is 5.07. The SMILES string of the molecule is CC1CCC(Oc2ccc3nc(CNC45CCC(CC4)CC5)ccc3c2)CC1. The lowest BCUT2D eigenvalue weighted by atomic mass is 9.66. The molecule has 2 bridgehead atoms. The summed E-state index contributed by atoms with van der Waals surface area (Å²) in [5.74, 6) is 2.87. The number of nitrogens with zero attached hydrogens (tertiary/aromatic N) is 1. The van der Waals surface area contributed by atoms with Gasteiger partial charge in [0, 0.05) is 17.5 Å². The first-order chi connectivity index (χ1) is 13.7. The number of hydrogen-bond donors (Lipinski definition) is 1. The zero-order chi connectivity index (χ0) is 19.0.